The van der Waals surface area contributed by atoms with Crippen molar-refractivity contribution in [1.82, 2.24) is 0 Å². The molecule has 0 fully saturated rings. The van der Waals surface area contributed by atoms with E-state index in [0.717, 1.165) is 0 Å². The van der Waals surface area contributed by atoms with Crippen LogP contribution in [0.4, 0.5) is 0 Å². The molecule has 0 rings (SSSR count). The molecular weight excluding hydrogens is 164 g/mol. The number of nitrogens with two attached hydrogens (primary N) is 1. The molecule has 0 aromatic rings. The number of methoxy groups -OCH3 is 1. The fourth-order valence-electron chi connectivity index (χ4n) is 0.501. The minimum atomic E-state index is -0.214. The monoisotopic (exact) mass is 176 g/mol. The van der Waals surface area contributed by atoms with Gasteiger partial charge in [0.05, 0.1) is 7.11 Å². The van der Waals surface area contributed by atoms with Gasteiger partial charge in [0.1, 0.15) is 0 Å². The van der Waals surface area contributed by atoms with Crippen molar-refractivity contribution in [3.8, 4) is 0 Å². The summed E-state index contributed by atoms with van der Waals surface area (Å²) in [5.74, 6) is 0.485. The van der Waals surface area contributed by atoms with Crippen LogP contribution in [0.15, 0.2) is 0 Å². The highest BCUT2D eigenvalue weighted by Crippen LogP contribution is 2.03. The Morgan fingerprint density at radius 3 is 2.82 bits per heavy atom. The van der Waals surface area contributed by atoms with Crippen molar-refractivity contribution in [1.29, 1.82) is 5.41 Å². The van der Waals surface area contributed by atoms with E-state index in [1.54, 1.807) is 0 Å². The van der Waals surface area contributed by atoms with E-state index in [1.807, 2.05) is 0 Å². The fourth-order valence-corrected chi connectivity index (χ4v) is 1.01. The molecule has 3 N–H and O–H groups in total. The molecule has 0 bridgehead atoms. The Labute approximate surface area is 70.0 Å². The highest BCUT2D eigenvalue weighted by atomic mass is 32.2. The average molecular weight is 176 g/mol. The summed E-state index contributed by atoms with van der Waals surface area (Å²) in [6.45, 7) is 0. The van der Waals surface area contributed by atoms with E-state index in [0.29, 0.717) is 18.6 Å². The first-order valence-electron chi connectivity index (χ1n) is 3.20. The van der Waals surface area contributed by atoms with Crippen LogP contribution in [0.3, 0.4) is 0 Å². The number of thioether (sulfide) groups is 1. The lowest BCUT2D eigenvalue weighted by atomic mass is 10.3. The van der Waals surface area contributed by atoms with Gasteiger partial charge in [-0.1, -0.05) is 11.8 Å². The van der Waals surface area contributed by atoms with Crippen molar-refractivity contribution in [3.05, 3.63) is 0 Å². The molecule has 0 aromatic heterocycles. The second kappa shape index (κ2) is 6.03. The minimum absolute atomic E-state index is 0.0925. The lowest BCUT2D eigenvalue weighted by Gasteiger charge is -1.97. The molecule has 0 heterocycles. The Morgan fingerprint density at radius 1 is 1.73 bits per heavy atom. The molecule has 5 heteroatoms. The van der Waals surface area contributed by atoms with Gasteiger partial charge < -0.3 is 10.5 Å². The van der Waals surface area contributed by atoms with Gasteiger partial charge in [0.2, 0.25) is 0 Å². The van der Waals surface area contributed by atoms with Gasteiger partial charge >= 0.3 is 5.97 Å². The number of esters is 1. The summed E-state index contributed by atoms with van der Waals surface area (Å²) in [5, 5.41) is 6.94. The number of nitrogens with one attached hydrogen (secondary N) is 1. The number of rotatable bonds is 4. The number of amidine groups is 1. The summed E-state index contributed by atoms with van der Waals surface area (Å²) in [6.07, 6.45) is 1.10. The van der Waals surface area contributed by atoms with Gasteiger partial charge in [-0.25, -0.2) is 0 Å². The number of ether oxygens (including phenoxy) is 1. The van der Waals surface area contributed by atoms with Crippen molar-refractivity contribution < 1.29 is 9.53 Å². The molecule has 0 saturated carbocycles. The molecule has 0 unspecified atom stereocenters. The van der Waals surface area contributed by atoms with Crippen molar-refractivity contribution in [2.45, 2.75) is 12.8 Å². The zero-order valence-electron chi connectivity index (χ0n) is 6.42. The average Bonchev–Trinajstić information content (AvgIpc) is 1.97. The first-order chi connectivity index (χ1) is 5.16. The number of carbonyl (C=O) groups excluding carboxylic acids is 1. The normalized spacial score (nSPS) is 9.18. The molecule has 64 valence electrons. The molecule has 0 aliphatic carbocycles. The summed E-state index contributed by atoms with van der Waals surface area (Å²) >= 11 is 1.24. The lowest BCUT2D eigenvalue weighted by molar-refractivity contribution is -0.140. The van der Waals surface area contributed by atoms with Crippen molar-refractivity contribution in [2.24, 2.45) is 5.73 Å². The van der Waals surface area contributed by atoms with E-state index in [9.17, 15) is 4.79 Å². The van der Waals surface area contributed by atoms with Crippen LogP contribution in [0.2, 0.25) is 0 Å². The number of carbonyl (C=O) groups is 1. The Balaban J connectivity index is 3.14. The first kappa shape index (κ1) is 10.3. The van der Waals surface area contributed by atoms with E-state index < -0.39 is 0 Å². The molecule has 11 heavy (non-hydrogen) atoms. The molecule has 0 aliphatic rings. The van der Waals surface area contributed by atoms with Crippen LogP contribution in [0, 0.1) is 5.41 Å². The Hall–Kier alpha value is -0.710. The quantitative estimate of drug-likeness (QED) is 0.284. The number of hydrogen-bond acceptors (Lipinski definition) is 4. The highest BCUT2D eigenvalue weighted by molar-refractivity contribution is 8.13. The molecule has 0 amide bonds. The third kappa shape index (κ3) is 7.18. The maximum atomic E-state index is 10.5. The molecule has 0 saturated heterocycles. The van der Waals surface area contributed by atoms with Crippen LogP contribution in [-0.4, -0.2) is 24.0 Å². The van der Waals surface area contributed by atoms with Crippen LogP contribution < -0.4 is 5.73 Å². The van der Waals surface area contributed by atoms with Gasteiger partial charge in [-0.3, -0.25) is 10.2 Å². The Kier molecular flexibility index (Phi) is 5.64. The lowest BCUT2D eigenvalue weighted by Crippen LogP contribution is -2.06. The van der Waals surface area contributed by atoms with Crippen LogP contribution in [0.1, 0.15) is 12.8 Å². The molecule has 4 nitrogen and oxygen atoms in total. The second-order valence-electron chi connectivity index (χ2n) is 1.89. The Morgan fingerprint density at radius 2 is 2.36 bits per heavy atom. The highest BCUT2D eigenvalue weighted by Gasteiger charge is 1.99. The summed E-state index contributed by atoms with van der Waals surface area (Å²) in [7, 11) is 1.36. The van der Waals surface area contributed by atoms with Crippen LogP contribution in [0.25, 0.3) is 0 Å². The molecule has 0 radical (unpaired) electrons. The van der Waals surface area contributed by atoms with E-state index >= 15 is 0 Å². The van der Waals surface area contributed by atoms with Crippen LogP contribution in [-0.2, 0) is 9.53 Å². The van der Waals surface area contributed by atoms with E-state index in [1.165, 1.54) is 18.9 Å². The van der Waals surface area contributed by atoms with Crippen LogP contribution >= 0.6 is 11.8 Å². The van der Waals surface area contributed by atoms with Crippen molar-refractivity contribution >= 4 is 22.9 Å². The van der Waals surface area contributed by atoms with Gasteiger partial charge in [0.25, 0.3) is 0 Å². The smallest absolute Gasteiger partial charge is 0.305 e. The first-order valence-corrected chi connectivity index (χ1v) is 4.19. The van der Waals surface area contributed by atoms with Gasteiger partial charge in [-0.05, 0) is 6.42 Å². The Bertz CT molecular complexity index is 150. The van der Waals surface area contributed by atoms with Gasteiger partial charge in [0.15, 0.2) is 5.17 Å². The van der Waals surface area contributed by atoms with E-state index in [-0.39, 0.29) is 11.1 Å². The van der Waals surface area contributed by atoms with Crippen molar-refractivity contribution in [2.75, 3.05) is 12.9 Å². The molecule has 0 spiro atoms. The zero-order chi connectivity index (χ0) is 8.69. The fraction of sp³-hybridized carbons (Fsp3) is 0.667. The maximum absolute atomic E-state index is 10.5. The predicted molar refractivity (Wildman–Crippen MR) is 45.6 cm³/mol. The molecular formula is C6H12N2O2S. The predicted octanol–water partition coefficient (Wildman–Crippen LogP) is 0.566. The number of hydrogen-bond donors (Lipinski definition) is 2. The molecule has 0 aromatic carbocycles. The topological polar surface area (TPSA) is 76.2 Å². The third-order valence-corrected chi connectivity index (χ3v) is 1.81. The SMILES string of the molecule is COC(=O)CCCSC(=N)N. The largest absolute Gasteiger partial charge is 0.469 e. The molecule has 0 atom stereocenters. The minimum Gasteiger partial charge on any atom is -0.469 e. The maximum Gasteiger partial charge on any atom is 0.305 e. The van der Waals surface area contributed by atoms with Crippen LogP contribution in [0.5, 0.6) is 0 Å². The molecule has 0 aliphatic heterocycles. The summed E-state index contributed by atoms with van der Waals surface area (Å²) in [4.78, 5) is 10.5. The van der Waals surface area contributed by atoms with Crippen molar-refractivity contribution in [3.63, 3.8) is 0 Å². The summed E-state index contributed by atoms with van der Waals surface area (Å²) in [6, 6.07) is 0. The van der Waals surface area contributed by atoms with Gasteiger partial charge in [-0.2, -0.15) is 0 Å². The second-order valence-corrected chi connectivity index (χ2v) is 3.03. The van der Waals surface area contributed by atoms with Gasteiger partial charge in [-0.15, -0.1) is 0 Å². The zero-order valence-corrected chi connectivity index (χ0v) is 7.24. The van der Waals surface area contributed by atoms with Gasteiger partial charge in [0, 0.05) is 12.2 Å². The summed E-state index contributed by atoms with van der Waals surface area (Å²) in [5.41, 5.74) is 5.07. The van der Waals surface area contributed by atoms with E-state index in [4.69, 9.17) is 11.1 Å². The third-order valence-electron chi connectivity index (χ3n) is 1.01. The summed E-state index contributed by atoms with van der Waals surface area (Å²) < 4.78 is 4.42. The van der Waals surface area contributed by atoms with E-state index in [2.05, 4.69) is 4.74 Å². The standard InChI is InChI=1S/C6H12N2O2S/c1-10-5(9)3-2-4-11-6(7)8/h2-4H2,1H3,(H3,7,8).